The lowest BCUT2D eigenvalue weighted by atomic mass is 9.75. The fourth-order valence-electron chi connectivity index (χ4n) is 3.36. The number of fused-ring (bicyclic) bond motifs is 1. The van der Waals surface area contributed by atoms with Gasteiger partial charge in [0.05, 0.1) is 28.9 Å². The van der Waals surface area contributed by atoms with E-state index in [-0.39, 0.29) is 24.0 Å². The molecule has 1 aromatic carbocycles. The average molecular weight is 353 g/mol. The molecule has 128 valence electrons. The Morgan fingerprint density at radius 2 is 2.12 bits per heavy atom. The summed E-state index contributed by atoms with van der Waals surface area (Å²) < 4.78 is 0. The highest BCUT2D eigenvalue weighted by molar-refractivity contribution is 7.11. The van der Waals surface area contributed by atoms with Crippen LogP contribution in [-0.2, 0) is 0 Å². The monoisotopic (exact) mass is 353 g/mol. The summed E-state index contributed by atoms with van der Waals surface area (Å²) in [6.45, 7) is 1.84. The lowest BCUT2D eigenvalue weighted by Crippen LogP contribution is -2.41. The van der Waals surface area contributed by atoms with Gasteiger partial charge in [0.15, 0.2) is 0 Å². The zero-order valence-electron chi connectivity index (χ0n) is 13.8. The molecule has 1 atom stereocenters. The molecule has 0 aliphatic heterocycles. The Labute approximate surface area is 149 Å². The van der Waals surface area contributed by atoms with Crippen molar-refractivity contribution in [3.05, 3.63) is 58.2 Å². The van der Waals surface area contributed by atoms with Crippen LogP contribution in [0.4, 0.5) is 0 Å². The normalized spacial score (nSPS) is 20.9. The third-order valence-electron chi connectivity index (χ3n) is 4.83. The molecular formula is C19H19N3O2S. The summed E-state index contributed by atoms with van der Waals surface area (Å²) in [6, 6.07) is 9.86. The van der Waals surface area contributed by atoms with Gasteiger partial charge in [-0.2, -0.15) is 0 Å². The average Bonchev–Trinajstić information content (AvgIpc) is 3.03. The van der Waals surface area contributed by atoms with E-state index < -0.39 is 0 Å². The highest BCUT2D eigenvalue weighted by atomic mass is 32.1. The molecule has 0 radical (unpaired) electrons. The maximum atomic E-state index is 12.7. The SMILES string of the molecule is Cc1ncsc1C(=O)N[C@@H](c1cnc2ccccc2c1)C1CC(O)C1. The van der Waals surface area contributed by atoms with Gasteiger partial charge < -0.3 is 10.4 Å². The molecule has 25 heavy (non-hydrogen) atoms. The van der Waals surface area contributed by atoms with Gasteiger partial charge in [-0.3, -0.25) is 9.78 Å². The zero-order valence-corrected chi connectivity index (χ0v) is 14.7. The first-order valence-corrected chi connectivity index (χ1v) is 9.23. The molecule has 3 aromatic rings. The lowest BCUT2D eigenvalue weighted by Gasteiger charge is -2.38. The molecule has 1 aliphatic rings. The zero-order chi connectivity index (χ0) is 17.4. The molecule has 1 aliphatic carbocycles. The lowest BCUT2D eigenvalue weighted by molar-refractivity contribution is 0.0235. The number of benzene rings is 1. The number of hydrogen-bond donors (Lipinski definition) is 2. The summed E-state index contributed by atoms with van der Waals surface area (Å²) in [5, 5.41) is 13.9. The minimum atomic E-state index is -0.275. The van der Waals surface area contributed by atoms with E-state index in [2.05, 4.69) is 21.4 Å². The second kappa shape index (κ2) is 6.54. The Hall–Kier alpha value is -2.31. The summed E-state index contributed by atoms with van der Waals surface area (Å²) in [4.78, 5) is 22.0. The van der Waals surface area contributed by atoms with E-state index in [1.165, 1.54) is 11.3 Å². The van der Waals surface area contributed by atoms with Crippen LogP contribution in [0.5, 0.6) is 0 Å². The van der Waals surface area contributed by atoms with Crippen LogP contribution in [0, 0.1) is 12.8 Å². The minimum absolute atomic E-state index is 0.112. The molecule has 1 amide bonds. The van der Waals surface area contributed by atoms with Gasteiger partial charge in [0, 0.05) is 11.6 Å². The number of aliphatic hydroxyl groups is 1. The van der Waals surface area contributed by atoms with Crippen LogP contribution in [0.25, 0.3) is 10.9 Å². The highest BCUT2D eigenvalue weighted by Gasteiger charge is 2.36. The van der Waals surface area contributed by atoms with Crippen LogP contribution in [0.1, 0.15) is 39.8 Å². The van der Waals surface area contributed by atoms with E-state index in [4.69, 9.17) is 0 Å². The van der Waals surface area contributed by atoms with Crippen molar-refractivity contribution < 1.29 is 9.90 Å². The molecule has 0 spiro atoms. The van der Waals surface area contributed by atoms with Gasteiger partial charge in [0.1, 0.15) is 4.88 Å². The van der Waals surface area contributed by atoms with E-state index in [0.717, 1.165) is 22.2 Å². The number of pyridine rings is 1. The third-order valence-corrected chi connectivity index (χ3v) is 5.76. The van der Waals surface area contributed by atoms with E-state index in [0.29, 0.717) is 17.7 Å². The number of nitrogens with one attached hydrogen (secondary N) is 1. The van der Waals surface area contributed by atoms with Crippen molar-refractivity contribution in [2.75, 3.05) is 0 Å². The number of para-hydroxylation sites is 1. The number of aromatic nitrogens is 2. The molecule has 6 heteroatoms. The molecule has 1 saturated carbocycles. The van der Waals surface area contributed by atoms with E-state index in [1.807, 2.05) is 37.4 Å². The summed E-state index contributed by atoms with van der Waals surface area (Å²) in [6.07, 6.45) is 2.94. The van der Waals surface area contributed by atoms with E-state index in [1.54, 1.807) is 5.51 Å². The molecule has 4 rings (SSSR count). The smallest absolute Gasteiger partial charge is 0.263 e. The molecule has 0 unspecified atom stereocenters. The summed E-state index contributed by atoms with van der Waals surface area (Å²) in [5.41, 5.74) is 4.34. The maximum absolute atomic E-state index is 12.7. The number of aryl methyl sites for hydroxylation is 1. The highest BCUT2D eigenvalue weighted by Crippen LogP contribution is 2.38. The van der Waals surface area contributed by atoms with Gasteiger partial charge in [-0.1, -0.05) is 18.2 Å². The number of amides is 1. The third kappa shape index (κ3) is 3.15. The Morgan fingerprint density at radius 1 is 1.32 bits per heavy atom. The number of aliphatic hydroxyl groups excluding tert-OH is 1. The number of carbonyl (C=O) groups is 1. The van der Waals surface area contributed by atoms with Crippen molar-refractivity contribution in [1.82, 2.24) is 15.3 Å². The van der Waals surface area contributed by atoms with E-state index in [9.17, 15) is 9.90 Å². The predicted octanol–water partition coefficient (Wildman–Crippen LogP) is 3.24. The van der Waals surface area contributed by atoms with Crippen LogP contribution in [-0.4, -0.2) is 27.1 Å². The second-order valence-corrected chi connectivity index (χ2v) is 7.42. The van der Waals surface area contributed by atoms with Crippen molar-refractivity contribution in [2.45, 2.75) is 31.9 Å². The summed E-state index contributed by atoms with van der Waals surface area (Å²) >= 11 is 1.35. The van der Waals surface area contributed by atoms with Gasteiger partial charge in [-0.25, -0.2) is 4.98 Å². The Bertz CT molecular complexity index is 918. The maximum Gasteiger partial charge on any atom is 0.263 e. The van der Waals surface area contributed by atoms with Crippen molar-refractivity contribution in [3.8, 4) is 0 Å². The fraction of sp³-hybridized carbons (Fsp3) is 0.316. The predicted molar refractivity (Wildman–Crippen MR) is 97.5 cm³/mol. The number of hydrogen-bond acceptors (Lipinski definition) is 5. The summed E-state index contributed by atoms with van der Waals surface area (Å²) in [5.74, 6) is 0.106. The Kier molecular flexibility index (Phi) is 4.23. The van der Waals surface area contributed by atoms with Gasteiger partial charge in [0.25, 0.3) is 5.91 Å². The van der Waals surface area contributed by atoms with Crippen molar-refractivity contribution in [2.24, 2.45) is 5.92 Å². The minimum Gasteiger partial charge on any atom is -0.393 e. The first kappa shape index (κ1) is 16.2. The molecular weight excluding hydrogens is 334 g/mol. The van der Waals surface area contributed by atoms with Crippen LogP contribution >= 0.6 is 11.3 Å². The van der Waals surface area contributed by atoms with Crippen LogP contribution in [0.3, 0.4) is 0 Å². The molecule has 2 aromatic heterocycles. The molecule has 5 nitrogen and oxygen atoms in total. The first-order chi connectivity index (χ1) is 12.1. The van der Waals surface area contributed by atoms with Crippen molar-refractivity contribution >= 4 is 28.1 Å². The van der Waals surface area contributed by atoms with E-state index >= 15 is 0 Å². The molecule has 0 bridgehead atoms. The quantitative estimate of drug-likeness (QED) is 0.755. The fourth-order valence-corrected chi connectivity index (χ4v) is 4.07. The Balaban J connectivity index is 1.65. The van der Waals surface area contributed by atoms with Crippen LogP contribution in [0.15, 0.2) is 42.0 Å². The van der Waals surface area contributed by atoms with Crippen LogP contribution in [0.2, 0.25) is 0 Å². The standard InChI is InChI=1S/C19H19N3O2S/c1-11-18(25-10-21-11)19(24)22-17(13-7-15(23)8-13)14-6-12-4-2-3-5-16(12)20-9-14/h2-6,9-10,13,15,17,23H,7-8H2,1H3,(H,22,24)/t13?,15?,17-/m1/s1. The molecule has 2 heterocycles. The molecule has 1 fully saturated rings. The number of carbonyl (C=O) groups excluding carboxylic acids is 1. The van der Waals surface area contributed by atoms with Crippen LogP contribution < -0.4 is 5.32 Å². The first-order valence-electron chi connectivity index (χ1n) is 8.35. The number of rotatable bonds is 4. The van der Waals surface area contributed by atoms with Crippen molar-refractivity contribution in [1.29, 1.82) is 0 Å². The van der Waals surface area contributed by atoms with Gasteiger partial charge >= 0.3 is 0 Å². The largest absolute Gasteiger partial charge is 0.393 e. The van der Waals surface area contributed by atoms with Gasteiger partial charge in [-0.05, 0) is 43.4 Å². The molecule has 0 saturated heterocycles. The Morgan fingerprint density at radius 3 is 2.84 bits per heavy atom. The van der Waals surface area contributed by atoms with Gasteiger partial charge in [-0.15, -0.1) is 11.3 Å². The second-order valence-electron chi connectivity index (χ2n) is 6.56. The topological polar surface area (TPSA) is 75.1 Å². The van der Waals surface area contributed by atoms with Gasteiger partial charge in [0.2, 0.25) is 0 Å². The van der Waals surface area contributed by atoms with Crippen molar-refractivity contribution in [3.63, 3.8) is 0 Å². The summed E-state index contributed by atoms with van der Waals surface area (Å²) in [7, 11) is 0. The molecule has 2 N–H and O–H groups in total. The number of thiazole rings is 1. The number of nitrogens with zero attached hydrogens (tertiary/aromatic N) is 2.